The Morgan fingerprint density at radius 3 is 2.00 bits per heavy atom. The molecule has 130 valence electrons. The summed E-state index contributed by atoms with van der Waals surface area (Å²) in [5.74, 6) is 0.0688. The quantitative estimate of drug-likeness (QED) is 0.376. The fourth-order valence-electron chi connectivity index (χ4n) is 2.71. The van der Waals surface area contributed by atoms with Crippen molar-refractivity contribution in [1.82, 2.24) is 0 Å². The normalized spacial score (nSPS) is 10.8. The molecule has 0 saturated carbocycles. The molecule has 0 aliphatic heterocycles. The van der Waals surface area contributed by atoms with E-state index in [1.54, 1.807) is 36.4 Å². The summed E-state index contributed by atoms with van der Waals surface area (Å²) < 4.78 is 5.36. The van der Waals surface area contributed by atoms with Gasteiger partial charge < -0.3 is 4.74 Å². The van der Waals surface area contributed by atoms with Crippen LogP contribution in [0.3, 0.4) is 0 Å². The van der Waals surface area contributed by atoms with Crippen molar-refractivity contribution < 1.29 is 14.3 Å². The van der Waals surface area contributed by atoms with Crippen LogP contribution in [0.4, 0.5) is 0 Å². The summed E-state index contributed by atoms with van der Waals surface area (Å²) in [5.41, 5.74) is 3.41. The summed E-state index contributed by atoms with van der Waals surface area (Å²) in [4.78, 5) is 24.7. The van der Waals surface area contributed by atoms with E-state index in [1.807, 2.05) is 50.2 Å². The SMILES string of the molecule is Cc1cccc(C)c1C(=O)Pc1ccc(OC(=O)c2ccccc2)cc1. The second kappa shape index (κ2) is 8.07. The van der Waals surface area contributed by atoms with E-state index in [-0.39, 0.29) is 14.1 Å². The lowest BCUT2D eigenvalue weighted by Gasteiger charge is -2.09. The standard InChI is InChI=1S/C22H19O3P/c1-15-7-6-8-16(2)20(15)22(24)26-19-13-11-18(12-14-19)25-21(23)17-9-4-3-5-10-17/h3-14,26H,1-2H3. The molecule has 0 saturated heterocycles. The topological polar surface area (TPSA) is 43.4 Å². The summed E-state index contributed by atoms with van der Waals surface area (Å²) in [6.45, 7) is 3.91. The van der Waals surface area contributed by atoms with Crippen molar-refractivity contribution >= 4 is 25.4 Å². The maximum Gasteiger partial charge on any atom is 0.343 e. The number of hydrogen-bond donors (Lipinski definition) is 0. The maximum atomic E-state index is 12.6. The summed E-state index contributed by atoms with van der Waals surface area (Å²) in [6.07, 6.45) is 0. The molecule has 0 heterocycles. The number of carbonyl (C=O) groups is 2. The van der Waals surface area contributed by atoms with Crippen molar-refractivity contribution in [3.63, 3.8) is 0 Å². The van der Waals surface area contributed by atoms with Crippen LogP contribution in [0.15, 0.2) is 72.8 Å². The average Bonchev–Trinajstić information content (AvgIpc) is 2.64. The predicted octanol–water partition coefficient (Wildman–Crippen LogP) is 4.67. The van der Waals surface area contributed by atoms with E-state index in [9.17, 15) is 9.59 Å². The molecule has 3 aromatic rings. The van der Waals surface area contributed by atoms with Crippen LogP contribution in [0.5, 0.6) is 5.75 Å². The van der Waals surface area contributed by atoms with Gasteiger partial charge >= 0.3 is 5.97 Å². The van der Waals surface area contributed by atoms with Crippen LogP contribution in [0, 0.1) is 13.8 Å². The molecule has 0 aliphatic carbocycles. The van der Waals surface area contributed by atoms with Crippen molar-refractivity contribution in [2.45, 2.75) is 13.8 Å². The van der Waals surface area contributed by atoms with E-state index < -0.39 is 5.97 Å². The summed E-state index contributed by atoms with van der Waals surface area (Å²) in [7, 11) is 0.0342. The van der Waals surface area contributed by atoms with Gasteiger partial charge in [0.1, 0.15) is 5.75 Å². The molecular formula is C22H19O3P. The Morgan fingerprint density at radius 1 is 0.769 bits per heavy atom. The molecule has 0 spiro atoms. The average molecular weight is 362 g/mol. The Hall–Kier alpha value is -2.77. The molecule has 1 unspecified atom stereocenters. The Morgan fingerprint density at radius 2 is 1.38 bits per heavy atom. The van der Waals surface area contributed by atoms with Crippen LogP contribution in [0.1, 0.15) is 31.8 Å². The lowest BCUT2D eigenvalue weighted by atomic mass is 10.0. The van der Waals surface area contributed by atoms with E-state index in [2.05, 4.69) is 0 Å². The summed E-state index contributed by atoms with van der Waals surface area (Å²) >= 11 is 0. The van der Waals surface area contributed by atoms with Crippen LogP contribution >= 0.6 is 8.58 Å². The van der Waals surface area contributed by atoms with Gasteiger partial charge in [0.2, 0.25) is 0 Å². The lowest BCUT2D eigenvalue weighted by molar-refractivity contribution is 0.0734. The zero-order valence-electron chi connectivity index (χ0n) is 14.7. The minimum atomic E-state index is -0.396. The monoisotopic (exact) mass is 362 g/mol. The van der Waals surface area contributed by atoms with Crippen LogP contribution < -0.4 is 10.0 Å². The molecule has 0 amide bonds. The first-order valence-electron chi connectivity index (χ1n) is 8.29. The number of carbonyl (C=O) groups excluding carboxylic acids is 2. The maximum absolute atomic E-state index is 12.6. The Bertz CT molecular complexity index is 911. The second-order valence-corrected chi connectivity index (χ2v) is 7.28. The first-order valence-corrected chi connectivity index (χ1v) is 9.29. The number of benzene rings is 3. The molecule has 0 aromatic heterocycles. The zero-order chi connectivity index (χ0) is 18.5. The Balaban J connectivity index is 1.68. The predicted molar refractivity (Wildman–Crippen MR) is 106 cm³/mol. The number of esters is 1. The first kappa shape index (κ1) is 18.0. The highest BCUT2D eigenvalue weighted by Crippen LogP contribution is 2.25. The third kappa shape index (κ3) is 4.25. The summed E-state index contributed by atoms with van der Waals surface area (Å²) in [6, 6.07) is 21.8. The summed E-state index contributed by atoms with van der Waals surface area (Å²) in [5, 5.41) is 0.914. The van der Waals surface area contributed by atoms with Gasteiger partial charge in [0, 0.05) is 5.56 Å². The molecule has 0 N–H and O–H groups in total. The molecule has 4 heteroatoms. The highest BCUT2D eigenvalue weighted by molar-refractivity contribution is 7.66. The largest absolute Gasteiger partial charge is 0.423 e. The van der Waals surface area contributed by atoms with Crippen molar-refractivity contribution in [3.05, 3.63) is 95.1 Å². The van der Waals surface area contributed by atoms with Gasteiger partial charge in [-0.1, -0.05) is 48.5 Å². The molecule has 26 heavy (non-hydrogen) atoms. The third-order valence-corrected chi connectivity index (χ3v) is 5.14. The van der Waals surface area contributed by atoms with Crippen LogP contribution in [0.25, 0.3) is 0 Å². The van der Waals surface area contributed by atoms with Crippen molar-refractivity contribution in [3.8, 4) is 5.75 Å². The van der Waals surface area contributed by atoms with Crippen LogP contribution in [-0.2, 0) is 0 Å². The fourth-order valence-corrected chi connectivity index (χ4v) is 3.83. The molecular weight excluding hydrogens is 343 g/mol. The highest BCUT2D eigenvalue weighted by Gasteiger charge is 2.13. The number of ether oxygens (including phenoxy) is 1. The van der Waals surface area contributed by atoms with Crippen molar-refractivity contribution in [1.29, 1.82) is 0 Å². The van der Waals surface area contributed by atoms with Gasteiger partial charge in [-0.15, -0.1) is 0 Å². The van der Waals surface area contributed by atoms with E-state index in [1.165, 1.54) is 0 Å². The van der Waals surface area contributed by atoms with E-state index >= 15 is 0 Å². The van der Waals surface area contributed by atoms with Crippen molar-refractivity contribution in [2.75, 3.05) is 0 Å². The first-order chi connectivity index (χ1) is 12.5. The van der Waals surface area contributed by atoms with Gasteiger partial charge in [0.25, 0.3) is 0 Å². The molecule has 1 atom stereocenters. The molecule has 3 rings (SSSR count). The van der Waals surface area contributed by atoms with E-state index in [4.69, 9.17) is 4.74 Å². The van der Waals surface area contributed by atoms with Crippen molar-refractivity contribution in [2.24, 2.45) is 0 Å². The minimum absolute atomic E-state index is 0.0342. The highest BCUT2D eigenvalue weighted by atomic mass is 31.1. The zero-order valence-corrected chi connectivity index (χ0v) is 15.7. The lowest BCUT2D eigenvalue weighted by Crippen LogP contribution is -2.09. The molecule has 0 radical (unpaired) electrons. The van der Waals surface area contributed by atoms with Gasteiger partial charge in [-0.25, -0.2) is 4.79 Å². The molecule has 3 aromatic carbocycles. The number of rotatable bonds is 5. The van der Waals surface area contributed by atoms with E-state index in [0.717, 1.165) is 22.0 Å². The van der Waals surface area contributed by atoms with E-state index in [0.29, 0.717) is 11.3 Å². The number of hydrogen-bond acceptors (Lipinski definition) is 3. The second-order valence-electron chi connectivity index (χ2n) is 6.00. The number of aryl methyl sites for hydroxylation is 2. The van der Waals surface area contributed by atoms with Gasteiger partial charge in [-0.05, 0) is 63.1 Å². The molecule has 0 bridgehead atoms. The van der Waals surface area contributed by atoms with Crippen LogP contribution in [-0.4, -0.2) is 11.5 Å². The van der Waals surface area contributed by atoms with Gasteiger partial charge in [-0.3, -0.25) is 4.79 Å². The fraction of sp³-hybridized carbons (Fsp3) is 0.0909. The van der Waals surface area contributed by atoms with Gasteiger partial charge in [0.05, 0.1) is 5.56 Å². The Labute approximate surface area is 154 Å². The minimum Gasteiger partial charge on any atom is -0.423 e. The van der Waals surface area contributed by atoms with Crippen LogP contribution in [0.2, 0.25) is 0 Å². The molecule has 0 fully saturated rings. The smallest absolute Gasteiger partial charge is 0.343 e. The van der Waals surface area contributed by atoms with Gasteiger partial charge in [0.15, 0.2) is 5.52 Å². The molecule has 3 nitrogen and oxygen atoms in total. The third-order valence-electron chi connectivity index (χ3n) is 4.04. The molecule has 0 aliphatic rings. The van der Waals surface area contributed by atoms with Gasteiger partial charge in [-0.2, -0.15) is 0 Å². The Kier molecular flexibility index (Phi) is 5.60.